The first kappa shape index (κ1) is 26.7. The van der Waals surface area contributed by atoms with Crippen molar-refractivity contribution < 1.29 is 17.9 Å². The van der Waals surface area contributed by atoms with Crippen molar-refractivity contribution >= 4 is 21.6 Å². The van der Waals surface area contributed by atoms with Crippen molar-refractivity contribution in [2.24, 2.45) is 0 Å². The SMILES string of the molecule is COc1cc(C)c(C(C)NC(=O)CCCN(c2ccc(C)c(C)c2)S(C)(=O)=O)cc1C(C)C. The highest BCUT2D eigenvalue weighted by Crippen LogP contribution is 2.32. The van der Waals surface area contributed by atoms with E-state index in [0.717, 1.165) is 33.6 Å². The van der Waals surface area contributed by atoms with Gasteiger partial charge in [0.05, 0.1) is 25.1 Å². The van der Waals surface area contributed by atoms with Gasteiger partial charge < -0.3 is 10.1 Å². The molecule has 2 aromatic carbocycles. The molecule has 2 rings (SSSR count). The topological polar surface area (TPSA) is 75.7 Å². The lowest BCUT2D eigenvalue weighted by Gasteiger charge is -2.24. The molecule has 0 aliphatic heterocycles. The lowest BCUT2D eigenvalue weighted by Crippen LogP contribution is -2.32. The van der Waals surface area contributed by atoms with E-state index in [9.17, 15) is 13.2 Å². The minimum Gasteiger partial charge on any atom is -0.496 e. The summed E-state index contributed by atoms with van der Waals surface area (Å²) >= 11 is 0. The van der Waals surface area contributed by atoms with Gasteiger partial charge in [-0.3, -0.25) is 9.10 Å². The highest BCUT2D eigenvalue weighted by Gasteiger charge is 2.20. The van der Waals surface area contributed by atoms with Gasteiger partial charge in [0.2, 0.25) is 15.9 Å². The van der Waals surface area contributed by atoms with E-state index in [4.69, 9.17) is 4.74 Å². The van der Waals surface area contributed by atoms with Gasteiger partial charge in [-0.15, -0.1) is 0 Å². The van der Waals surface area contributed by atoms with Gasteiger partial charge in [0, 0.05) is 13.0 Å². The molecule has 33 heavy (non-hydrogen) atoms. The fraction of sp³-hybridized carbons (Fsp3) is 0.500. The Bertz CT molecular complexity index is 1090. The second-order valence-corrected chi connectivity index (χ2v) is 11.0. The summed E-state index contributed by atoms with van der Waals surface area (Å²) in [6.07, 6.45) is 1.87. The molecule has 6 nitrogen and oxygen atoms in total. The summed E-state index contributed by atoms with van der Waals surface area (Å²) in [4.78, 5) is 12.6. The number of amides is 1. The Kier molecular flexibility index (Phi) is 8.95. The molecule has 182 valence electrons. The molecule has 0 saturated carbocycles. The maximum absolute atomic E-state index is 12.6. The molecule has 0 radical (unpaired) electrons. The quantitative estimate of drug-likeness (QED) is 0.516. The third kappa shape index (κ3) is 6.97. The predicted molar refractivity (Wildman–Crippen MR) is 136 cm³/mol. The van der Waals surface area contributed by atoms with Gasteiger partial charge in [-0.05, 0) is 92.1 Å². The van der Waals surface area contributed by atoms with E-state index >= 15 is 0 Å². The average molecular weight is 475 g/mol. The molecular formula is C26H38N2O4S. The Hall–Kier alpha value is -2.54. The third-order valence-corrected chi connectivity index (χ3v) is 7.22. The van der Waals surface area contributed by atoms with Gasteiger partial charge >= 0.3 is 0 Å². The summed E-state index contributed by atoms with van der Waals surface area (Å²) in [7, 11) is -1.78. The maximum Gasteiger partial charge on any atom is 0.232 e. The van der Waals surface area contributed by atoms with E-state index in [1.54, 1.807) is 7.11 Å². The molecule has 1 N–H and O–H groups in total. The van der Waals surface area contributed by atoms with Crippen LogP contribution in [0, 0.1) is 20.8 Å². The van der Waals surface area contributed by atoms with Crippen LogP contribution in [0.2, 0.25) is 0 Å². The first-order valence-corrected chi connectivity index (χ1v) is 13.2. The summed E-state index contributed by atoms with van der Waals surface area (Å²) in [5, 5.41) is 3.06. The molecule has 0 aliphatic rings. The summed E-state index contributed by atoms with van der Waals surface area (Å²) < 4.78 is 31.6. The lowest BCUT2D eigenvalue weighted by molar-refractivity contribution is -0.121. The number of anilines is 1. The summed E-state index contributed by atoms with van der Waals surface area (Å²) in [5.41, 5.74) is 5.99. The summed E-state index contributed by atoms with van der Waals surface area (Å²) in [5.74, 6) is 1.06. The number of nitrogens with zero attached hydrogens (tertiary/aromatic N) is 1. The molecule has 7 heteroatoms. The number of rotatable bonds is 10. The number of methoxy groups -OCH3 is 1. The lowest BCUT2D eigenvalue weighted by atomic mass is 9.93. The van der Waals surface area contributed by atoms with Crippen molar-refractivity contribution in [2.45, 2.75) is 66.3 Å². The van der Waals surface area contributed by atoms with E-state index < -0.39 is 10.0 Å². The number of carbonyl (C=O) groups excluding carboxylic acids is 1. The maximum atomic E-state index is 12.6. The number of carbonyl (C=O) groups is 1. The van der Waals surface area contributed by atoms with Crippen LogP contribution in [-0.4, -0.2) is 34.2 Å². The first-order valence-electron chi connectivity index (χ1n) is 11.4. The Labute approximate surface area is 199 Å². The molecule has 0 fully saturated rings. The number of hydrogen-bond acceptors (Lipinski definition) is 4. The average Bonchev–Trinajstić information content (AvgIpc) is 2.71. The highest BCUT2D eigenvalue weighted by atomic mass is 32.2. The highest BCUT2D eigenvalue weighted by molar-refractivity contribution is 7.92. The van der Waals surface area contributed by atoms with Gasteiger partial charge in [-0.25, -0.2) is 8.42 Å². The Morgan fingerprint density at radius 1 is 1.00 bits per heavy atom. The first-order chi connectivity index (χ1) is 15.3. The van der Waals surface area contributed by atoms with Crippen LogP contribution < -0.4 is 14.4 Å². The fourth-order valence-corrected chi connectivity index (χ4v) is 4.91. The fourth-order valence-electron chi connectivity index (χ4n) is 3.95. The van der Waals surface area contributed by atoms with E-state index in [-0.39, 0.29) is 24.9 Å². The minimum atomic E-state index is -3.45. The number of sulfonamides is 1. The molecular weight excluding hydrogens is 436 g/mol. The van der Waals surface area contributed by atoms with E-state index in [0.29, 0.717) is 18.0 Å². The number of nitrogens with one attached hydrogen (secondary N) is 1. The molecule has 0 saturated heterocycles. The van der Waals surface area contributed by atoms with Crippen LogP contribution in [-0.2, 0) is 14.8 Å². The Balaban J connectivity index is 2.05. The molecule has 1 unspecified atom stereocenters. The van der Waals surface area contributed by atoms with Crippen molar-refractivity contribution in [1.29, 1.82) is 0 Å². The van der Waals surface area contributed by atoms with E-state index in [1.165, 1.54) is 10.6 Å². The second kappa shape index (κ2) is 11.1. The smallest absolute Gasteiger partial charge is 0.232 e. The minimum absolute atomic E-state index is 0.0997. The zero-order valence-electron chi connectivity index (χ0n) is 21.2. The van der Waals surface area contributed by atoms with Crippen molar-refractivity contribution in [3.05, 3.63) is 58.1 Å². The van der Waals surface area contributed by atoms with Crippen LogP contribution >= 0.6 is 0 Å². The zero-order valence-corrected chi connectivity index (χ0v) is 22.0. The molecule has 0 bridgehead atoms. The van der Waals surface area contributed by atoms with Crippen molar-refractivity contribution in [1.82, 2.24) is 5.32 Å². The van der Waals surface area contributed by atoms with Crippen LogP contribution in [0.15, 0.2) is 30.3 Å². The summed E-state index contributed by atoms with van der Waals surface area (Å²) in [6.45, 7) is 12.4. The largest absolute Gasteiger partial charge is 0.496 e. The third-order valence-electron chi connectivity index (χ3n) is 6.03. The van der Waals surface area contributed by atoms with Crippen LogP contribution in [0.1, 0.15) is 73.4 Å². The second-order valence-electron chi connectivity index (χ2n) is 9.10. The van der Waals surface area contributed by atoms with Gasteiger partial charge in [-0.1, -0.05) is 19.9 Å². The van der Waals surface area contributed by atoms with Crippen molar-refractivity contribution in [2.75, 3.05) is 24.2 Å². The van der Waals surface area contributed by atoms with Gasteiger partial charge in [0.1, 0.15) is 5.75 Å². The standard InChI is InChI=1S/C26H38N2O4S/c1-17(2)23-16-24(20(5)15-25(23)32-7)21(6)27-26(29)10-9-13-28(33(8,30)31)22-12-11-18(3)19(4)14-22/h11-12,14-17,21H,9-10,13H2,1-8H3,(H,27,29). The molecule has 1 amide bonds. The van der Waals surface area contributed by atoms with Gasteiger partial charge in [0.15, 0.2) is 0 Å². The van der Waals surface area contributed by atoms with Crippen molar-refractivity contribution in [3.8, 4) is 5.75 Å². The molecule has 2 aromatic rings. The number of ether oxygens (including phenoxy) is 1. The molecule has 0 aromatic heterocycles. The molecule has 0 aliphatic carbocycles. The monoisotopic (exact) mass is 474 g/mol. The van der Waals surface area contributed by atoms with E-state index in [2.05, 4.69) is 25.2 Å². The summed E-state index contributed by atoms with van der Waals surface area (Å²) in [6, 6.07) is 9.56. The predicted octanol–water partition coefficient (Wildman–Crippen LogP) is 5.17. The normalized spacial score (nSPS) is 12.5. The molecule has 0 heterocycles. The number of aryl methyl sites for hydroxylation is 3. The van der Waals surface area contributed by atoms with Gasteiger partial charge in [0.25, 0.3) is 0 Å². The van der Waals surface area contributed by atoms with Crippen LogP contribution in [0.5, 0.6) is 5.75 Å². The number of hydrogen-bond donors (Lipinski definition) is 1. The molecule has 0 spiro atoms. The molecule has 1 atom stereocenters. The van der Waals surface area contributed by atoms with Crippen LogP contribution in [0.25, 0.3) is 0 Å². The van der Waals surface area contributed by atoms with Crippen molar-refractivity contribution in [3.63, 3.8) is 0 Å². The van der Waals surface area contributed by atoms with Gasteiger partial charge in [-0.2, -0.15) is 0 Å². The Morgan fingerprint density at radius 2 is 1.67 bits per heavy atom. The Morgan fingerprint density at radius 3 is 2.21 bits per heavy atom. The van der Waals surface area contributed by atoms with E-state index in [1.807, 2.05) is 52.0 Å². The van der Waals surface area contributed by atoms with Crippen LogP contribution in [0.3, 0.4) is 0 Å². The van der Waals surface area contributed by atoms with Crippen LogP contribution in [0.4, 0.5) is 5.69 Å². The number of benzene rings is 2. The zero-order chi connectivity index (χ0) is 24.9.